The average molecular weight is 254 g/mol. The molecule has 2 rings (SSSR count). The van der Waals surface area contributed by atoms with E-state index < -0.39 is 0 Å². The second-order valence-electron chi connectivity index (χ2n) is 4.96. The Balaban J connectivity index is 2.01. The Morgan fingerprint density at radius 3 is 2.84 bits per heavy atom. The summed E-state index contributed by atoms with van der Waals surface area (Å²) in [5.41, 5.74) is 8.53. The van der Waals surface area contributed by atoms with Crippen LogP contribution in [-0.2, 0) is 0 Å². The van der Waals surface area contributed by atoms with Gasteiger partial charge in [-0.3, -0.25) is 4.98 Å². The van der Waals surface area contributed by atoms with E-state index in [1.54, 1.807) is 0 Å². The van der Waals surface area contributed by atoms with Crippen molar-refractivity contribution in [3.8, 4) is 0 Å². The lowest BCUT2D eigenvalue weighted by molar-refractivity contribution is 0.574. The van der Waals surface area contributed by atoms with E-state index in [9.17, 15) is 0 Å². The average Bonchev–Trinajstić information content (AvgIpc) is 2.46. The summed E-state index contributed by atoms with van der Waals surface area (Å²) in [6.45, 7) is 3.74. The second-order valence-corrected chi connectivity index (χ2v) is 4.96. The van der Waals surface area contributed by atoms with Crippen molar-refractivity contribution >= 4 is 10.9 Å². The van der Waals surface area contributed by atoms with Gasteiger partial charge in [0.1, 0.15) is 0 Å². The Morgan fingerprint density at radius 1 is 1.16 bits per heavy atom. The zero-order chi connectivity index (χ0) is 13.5. The Bertz CT molecular complexity index is 528. The predicted octanol–water partition coefficient (Wildman–Crippen LogP) is 4.37. The molecule has 1 atom stereocenters. The van der Waals surface area contributed by atoms with Gasteiger partial charge in [-0.1, -0.05) is 43.2 Å². The summed E-state index contributed by atoms with van der Waals surface area (Å²) in [6, 6.07) is 10.4. The van der Waals surface area contributed by atoms with Crippen molar-refractivity contribution in [2.75, 3.05) is 0 Å². The van der Waals surface area contributed by atoms with Crippen molar-refractivity contribution < 1.29 is 0 Å². The summed E-state index contributed by atoms with van der Waals surface area (Å²) in [4.78, 5) is 4.47. The fourth-order valence-corrected chi connectivity index (χ4v) is 2.41. The SMILES string of the molecule is C=CCCCCCC(N)c1cccc2cccnc12. The predicted molar refractivity (Wildman–Crippen MR) is 82.0 cm³/mol. The first-order chi connectivity index (χ1) is 9.33. The third-order valence-electron chi connectivity index (χ3n) is 3.49. The minimum absolute atomic E-state index is 0.0855. The zero-order valence-corrected chi connectivity index (χ0v) is 11.4. The molecule has 1 aromatic heterocycles. The number of nitrogens with zero attached hydrogens (tertiary/aromatic N) is 1. The number of nitrogens with two attached hydrogens (primary N) is 1. The molecule has 0 amide bonds. The Morgan fingerprint density at radius 2 is 2.00 bits per heavy atom. The van der Waals surface area contributed by atoms with E-state index in [0.717, 1.165) is 24.8 Å². The molecule has 0 spiro atoms. The summed E-state index contributed by atoms with van der Waals surface area (Å²) in [5.74, 6) is 0. The van der Waals surface area contributed by atoms with E-state index in [1.807, 2.05) is 18.3 Å². The van der Waals surface area contributed by atoms with Crippen molar-refractivity contribution in [3.05, 3.63) is 54.7 Å². The Hall–Kier alpha value is -1.67. The number of allylic oxidation sites excluding steroid dienone is 1. The highest BCUT2D eigenvalue weighted by Gasteiger charge is 2.10. The monoisotopic (exact) mass is 254 g/mol. The molecule has 2 aromatic rings. The van der Waals surface area contributed by atoms with Crippen LogP contribution in [0.2, 0.25) is 0 Å². The molecule has 100 valence electrons. The second kappa shape index (κ2) is 7.05. The maximum Gasteiger partial charge on any atom is 0.0749 e. The first-order valence-corrected chi connectivity index (χ1v) is 7.03. The minimum Gasteiger partial charge on any atom is -0.324 e. The van der Waals surface area contributed by atoms with Gasteiger partial charge >= 0.3 is 0 Å². The first kappa shape index (κ1) is 13.8. The number of pyridine rings is 1. The molecule has 2 N–H and O–H groups in total. The van der Waals surface area contributed by atoms with Gasteiger partial charge in [0.15, 0.2) is 0 Å². The van der Waals surface area contributed by atoms with Crippen molar-refractivity contribution in [2.45, 2.75) is 38.1 Å². The van der Waals surface area contributed by atoms with E-state index >= 15 is 0 Å². The minimum atomic E-state index is 0.0855. The topological polar surface area (TPSA) is 38.9 Å². The molecule has 0 bridgehead atoms. The van der Waals surface area contributed by atoms with Gasteiger partial charge in [-0.15, -0.1) is 6.58 Å². The van der Waals surface area contributed by atoms with E-state index in [4.69, 9.17) is 5.73 Å². The molecule has 0 aliphatic rings. The highest BCUT2D eigenvalue weighted by molar-refractivity contribution is 5.81. The van der Waals surface area contributed by atoms with Crippen molar-refractivity contribution in [2.24, 2.45) is 5.73 Å². The van der Waals surface area contributed by atoms with Crippen molar-refractivity contribution in [1.29, 1.82) is 0 Å². The van der Waals surface area contributed by atoms with Gasteiger partial charge in [0.05, 0.1) is 5.52 Å². The summed E-state index contributed by atoms with van der Waals surface area (Å²) in [5, 5.41) is 1.17. The van der Waals surface area contributed by atoms with Crippen LogP contribution in [0.3, 0.4) is 0 Å². The van der Waals surface area contributed by atoms with Gasteiger partial charge < -0.3 is 5.73 Å². The molecule has 0 aliphatic heterocycles. The van der Waals surface area contributed by atoms with Gasteiger partial charge in [0.2, 0.25) is 0 Å². The molecule has 0 saturated carbocycles. The third-order valence-corrected chi connectivity index (χ3v) is 3.49. The quantitative estimate of drug-likeness (QED) is 0.588. The fourth-order valence-electron chi connectivity index (χ4n) is 2.41. The van der Waals surface area contributed by atoms with Gasteiger partial charge in [0, 0.05) is 17.6 Å². The lowest BCUT2D eigenvalue weighted by atomic mass is 9.98. The van der Waals surface area contributed by atoms with Crippen LogP contribution >= 0.6 is 0 Å². The summed E-state index contributed by atoms with van der Waals surface area (Å²) in [7, 11) is 0. The van der Waals surface area contributed by atoms with E-state index in [0.29, 0.717) is 0 Å². The number of fused-ring (bicyclic) bond motifs is 1. The van der Waals surface area contributed by atoms with Crippen molar-refractivity contribution in [1.82, 2.24) is 4.98 Å². The molecular formula is C17H22N2. The molecule has 2 heteroatoms. The summed E-state index contributed by atoms with van der Waals surface area (Å²) >= 11 is 0. The van der Waals surface area contributed by atoms with E-state index in [2.05, 4.69) is 35.8 Å². The summed E-state index contributed by atoms with van der Waals surface area (Å²) in [6.07, 6.45) is 9.54. The molecule has 2 nitrogen and oxygen atoms in total. The van der Waals surface area contributed by atoms with Crippen LogP contribution in [0.5, 0.6) is 0 Å². The fraction of sp³-hybridized carbons (Fsp3) is 0.353. The number of rotatable bonds is 7. The van der Waals surface area contributed by atoms with Crippen molar-refractivity contribution in [3.63, 3.8) is 0 Å². The molecule has 0 fully saturated rings. The summed E-state index contributed by atoms with van der Waals surface area (Å²) < 4.78 is 0. The van der Waals surface area contributed by atoms with Crippen LogP contribution in [0, 0.1) is 0 Å². The number of para-hydroxylation sites is 1. The number of aromatic nitrogens is 1. The molecule has 0 aliphatic carbocycles. The smallest absolute Gasteiger partial charge is 0.0749 e. The van der Waals surface area contributed by atoms with Gasteiger partial charge in [-0.2, -0.15) is 0 Å². The number of unbranched alkanes of at least 4 members (excludes halogenated alkanes) is 3. The Kier molecular flexibility index (Phi) is 5.10. The normalized spacial score (nSPS) is 12.5. The molecule has 1 aromatic carbocycles. The molecule has 1 unspecified atom stereocenters. The number of hydrogen-bond donors (Lipinski definition) is 1. The van der Waals surface area contributed by atoms with Gasteiger partial charge in [-0.05, 0) is 30.9 Å². The number of benzene rings is 1. The first-order valence-electron chi connectivity index (χ1n) is 7.03. The van der Waals surface area contributed by atoms with Crippen LogP contribution in [-0.4, -0.2) is 4.98 Å². The van der Waals surface area contributed by atoms with Crippen LogP contribution in [0.25, 0.3) is 10.9 Å². The third kappa shape index (κ3) is 3.65. The largest absolute Gasteiger partial charge is 0.324 e. The van der Waals surface area contributed by atoms with Crippen LogP contribution < -0.4 is 5.73 Å². The van der Waals surface area contributed by atoms with Crippen LogP contribution in [0.4, 0.5) is 0 Å². The molecular weight excluding hydrogens is 232 g/mol. The lowest BCUT2D eigenvalue weighted by Crippen LogP contribution is -2.11. The van der Waals surface area contributed by atoms with Crippen LogP contribution in [0.15, 0.2) is 49.2 Å². The molecule has 19 heavy (non-hydrogen) atoms. The highest BCUT2D eigenvalue weighted by atomic mass is 14.7. The molecule has 0 radical (unpaired) electrons. The highest BCUT2D eigenvalue weighted by Crippen LogP contribution is 2.24. The lowest BCUT2D eigenvalue weighted by Gasteiger charge is -2.13. The van der Waals surface area contributed by atoms with E-state index in [-0.39, 0.29) is 6.04 Å². The zero-order valence-electron chi connectivity index (χ0n) is 11.4. The van der Waals surface area contributed by atoms with Gasteiger partial charge in [0.25, 0.3) is 0 Å². The molecule has 1 heterocycles. The van der Waals surface area contributed by atoms with E-state index in [1.165, 1.54) is 23.8 Å². The van der Waals surface area contributed by atoms with Crippen LogP contribution in [0.1, 0.15) is 43.7 Å². The Labute approximate surface area is 115 Å². The number of hydrogen-bond acceptors (Lipinski definition) is 2. The van der Waals surface area contributed by atoms with Gasteiger partial charge in [-0.25, -0.2) is 0 Å². The maximum absolute atomic E-state index is 6.32. The maximum atomic E-state index is 6.32. The molecule has 0 saturated heterocycles. The standard InChI is InChI=1S/C17H22N2/c1-2-3-4-5-6-12-16(18)15-11-7-9-14-10-8-13-19-17(14)15/h2,7-11,13,16H,1,3-6,12,18H2.